The Kier molecular flexibility index (Phi) is 9.97. The first-order valence-corrected chi connectivity index (χ1v) is 13.8. The fraction of sp³-hybridized carbons (Fsp3) is 0.441. The molecule has 0 saturated heterocycles. The summed E-state index contributed by atoms with van der Waals surface area (Å²) in [6.07, 6.45) is 3.90. The number of benzene rings is 3. The Morgan fingerprint density at radius 3 is 1.89 bits per heavy atom. The molecule has 0 spiro atoms. The van der Waals surface area contributed by atoms with E-state index in [0.717, 1.165) is 42.6 Å². The molecule has 1 amide bonds. The molecule has 3 rings (SSSR count). The van der Waals surface area contributed by atoms with Crippen molar-refractivity contribution in [2.24, 2.45) is 0 Å². The number of hydrogen-bond acceptors (Lipinski definition) is 2. The van der Waals surface area contributed by atoms with Crippen molar-refractivity contribution in [3.8, 4) is 5.75 Å². The van der Waals surface area contributed by atoms with E-state index in [-0.39, 0.29) is 22.7 Å². The zero-order valence-corrected chi connectivity index (χ0v) is 23.6. The molecule has 0 saturated carbocycles. The summed E-state index contributed by atoms with van der Waals surface area (Å²) >= 11 is 0. The van der Waals surface area contributed by atoms with E-state index < -0.39 is 0 Å². The van der Waals surface area contributed by atoms with E-state index >= 15 is 0 Å². The maximum atomic E-state index is 13.2. The second-order valence-electron chi connectivity index (χ2n) is 11.3. The van der Waals surface area contributed by atoms with E-state index in [1.54, 1.807) is 0 Å². The fourth-order valence-corrected chi connectivity index (χ4v) is 4.51. The second-order valence-corrected chi connectivity index (χ2v) is 11.3. The van der Waals surface area contributed by atoms with Crippen LogP contribution in [0, 0.1) is 0 Å². The molecule has 0 aliphatic carbocycles. The number of unbranched alkanes of at least 4 members (excludes halogenated alkanes) is 1. The highest BCUT2D eigenvalue weighted by molar-refractivity contribution is 5.87. The van der Waals surface area contributed by atoms with Gasteiger partial charge >= 0.3 is 0 Å². The quantitative estimate of drug-likeness (QED) is 0.241. The highest BCUT2D eigenvalue weighted by Crippen LogP contribution is 2.38. The van der Waals surface area contributed by atoms with Gasteiger partial charge in [0, 0.05) is 12.1 Å². The van der Waals surface area contributed by atoms with E-state index in [1.807, 2.05) is 60.7 Å². The molecule has 3 aromatic rings. The van der Waals surface area contributed by atoms with Gasteiger partial charge in [0.25, 0.3) is 0 Å². The summed E-state index contributed by atoms with van der Waals surface area (Å²) in [5, 5.41) is 3.16. The van der Waals surface area contributed by atoms with E-state index in [2.05, 4.69) is 65.1 Å². The molecular formula is C34H45NO2. The topological polar surface area (TPSA) is 38.3 Å². The number of carbonyl (C=O) groups excluding carboxylic acids is 1. The van der Waals surface area contributed by atoms with Gasteiger partial charge in [-0.05, 0) is 59.3 Å². The third-order valence-electron chi connectivity index (χ3n) is 7.91. The lowest BCUT2D eigenvalue weighted by atomic mass is 9.76. The van der Waals surface area contributed by atoms with Crippen molar-refractivity contribution >= 4 is 5.91 Å². The van der Waals surface area contributed by atoms with Crippen LogP contribution in [0.1, 0.15) is 95.4 Å². The van der Waals surface area contributed by atoms with Crippen molar-refractivity contribution in [1.82, 2.24) is 5.32 Å². The van der Waals surface area contributed by atoms with Crippen LogP contribution in [0.25, 0.3) is 0 Å². The monoisotopic (exact) mass is 499 g/mol. The molecule has 3 aromatic carbocycles. The van der Waals surface area contributed by atoms with Gasteiger partial charge in [-0.3, -0.25) is 4.79 Å². The van der Waals surface area contributed by atoms with Crippen molar-refractivity contribution in [2.45, 2.75) is 84.0 Å². The Morgan fingerprint density at radius 1 is 0.784 bits per heavy atom. The molecule has 0 aliphatic rings. The van der Waals surface area contributed by atoms with Crippen molar-refractivity contribution in [3.05, 3.63) is 101 Å². The smallest absolute Gasteiger partial charge is 0.232 e. The predicted molar refractivity (Wildman–Crippen MR) is 156 cm³/mol. The van der Waals surface area contributed by atoms with Crippen LogP contribution in [0.5, 0.6) is 5.75 Å². The minimum Gasteiger partial charge on any atom is -0.493 e. The number of nitrogens with one attached hydrogen (secondary N) is 1. The van der Waals surface area contributed by atoms with Gasteiger partial charge in [0.2, 0.25) is 5.91 Å². The largest absolute Gasteiger partial charge is 0.493 e. The van der Waals surface area contributed by atoms with Gasteiger partial charge in [-0.15, -0.1) is 0 Å². The molecule has 0 radical (unpaired) electrons. The molecule has 0 heterocycles. The van der Waals surface area contributed by atoms with E-state index in [4.69, 9.17) is 4.74 Å². The number of ether oxygens (including phenoxy) is 1. The SMILES string of the molecule is CCC(C)(C)c1ccc(OCCCCNC(=O)C(c2ccccc2)c2ccccc2)c(C(C)(C)CC)c1. The van der Waals surface area contributed by atoms with E-state index in [9.17, 15) is 4.79 Å². The Balaban J connectivity index is 1.57. The molecule has 0 fully saturated rings. The Labute approximate surface area is 224 Å². The van der Waals surface area contributed by atoms with Crippen LogP contribution in [0.2, 0.25) is 0 Å². The summed E-state index contributed by atoms with van der Waals surface area (Å²) in [4.78, 5) is 13.2. The lowest BCUT2D eigenvalue weighted by Gasteiger charge is -2.30. The fourth-order valence-electron chi connectivity index (χ4n) is 4.51. The van der Waals surface area contributed by atoms with Gasteiger partial charge in [0.15, 0.2) is 0 Å². The van der Waals surface area contributed by atoms with Crippen LogP contribution in [0.15, 0.2) is 78.9 Å². The van der Waals surface area contributed by atoms with Crippen LogP contribution in [-0.2, 0) is 15.6 Å². The second kappa shape index (κ2) is 12.9. The third kappa shape index (κ3) is 7.47. The normalized spacial score (nSPS) is 12.0. The van der Waals surface area contributed by atoms with Gasteiger partial charge in [0.1, 0.15) is 5.75 Å². The zero-order chi connectivity index (χ0) is 26.9. The van der Waals surface area contributed by atoms with Gasteiger partial charge in [-0.25, -0.2) is 0 Å². The lowest BCUT2D eigenvalue weighted by Crippen LogP contribution is -2.31. The molecule has 37 heavy (non-hydrogen) atoms. The van der Waals surface area contributed by atoms with Crippen molar-refractivity contribution < 1.29 is 9.53 Å². The van der Waals surface area contributed by atoms with Crippen LogP contribution >= 0.6 is 0 Å². The van der Waals surface area contributed by atoms with Gasteiger partial charge in [-0.2, -0.15) is 0 Å². The molecule has 3 nitrogen and oxygen atoms in total. The van der Waals surface area contributed by atoms with Gasteiger partial charge in [-0.1, -0.05) is 114 Å². The molecule has 0 aromatic heterocycles. The Morgan fingerprint density at radius 2 is 1.35 bits per heavy atom. The molecule has 0 bridgehead atoms. The summed E-state index contributed by atoms with van der Waals surface area (Å²) in [5.74, 6) is 0.725. The summed E-state index contributed by atoms with van der Waals surface area (Å²) in [6, 6.07) is 26.7. The molecular weight excluding hydrogens is 454 g/mol. The number of amides is 1. The van der Waals surface area contributed by atoms with E-state index in [1.165, 1.54) is 11.1 Å². The summed E-state index contributed by atoms with van der Waals surface area (Å²) in [6.45, 7) is 15.0. The summed E-state index contributed by atoms with van der Waals surface area (Å²) in [7, 11) is 0. The molecule has 198 valence electrons. The first kappa shape index (κ1) is 28.5. The molecule has 0 aliphatic heterocycles. The highest BCUT2D eigenvalue weighted by Gasteiger charge is 2.26. The average molecular weight is 500 g/mol. The van der Waals surface area contributed by atoms with Crippen molar-refractivity contribution in [1.29, 1.82) is 0 Å². The first-order valence-electron chi connectivity index (χ1n) is 13.8. The Bertz CT molecular complexity index is 1080. The predicted octanol–water partition coefficient (Wildman–Crippen LogP) is 8.17. The van der Waals surface area contributed by atoms with Crippen LogP contribution in [0.3, 0.4) is 0 Å². The van der Waals surface area contributed by atoms with Gasteiger partial charge in [0.05, 0.1) is 12.5 Å². The lowest BCUT2D eigenvalue weighted by molar-refractivity contribution is -0.121. The maximum absolute atomic E-state index is 13.2. The number of carbonyl (C=O) groups is 1. The maximum Gasteiger partial charge on any atom is 0.232 e. The zero-order valence-electron chi connectivity index (χ0n) is 23.6. The first-order chi connectivity index (χ1) is 17.7. The summed E-state index contributed by atoms with van der Waals surface area (Å²) in [5.41, 5.74) is 4.87. The van der Waals surface area contributed by atoms with Crippen molar-refractivity contribution in [3.63, 3.8) is 0 Å². The van der Waals surface area contributed by atoms with Gasteiger partial charge < -0.3 is 10.1 Å². The number of hydrogen-bond donors (Lipinski definition) is 1. The minimum absolute atomic E-state index is 0.0411. The standard InChI is InChI=1S/C34H45NO2/c1-7-33(3,4)28-21-22-30(29(25-28)34(5,6)8-2)37-24-16-15-23-35-32(36)31(26-17-11-9-12-18-26)27-19-13-10-14-20-27/h9-14,17-22,25,31H,7-8,15-16,23-24H2,1-6H3,(H,35,36). The summed E-state index contributed by atoms with van der Waals surface area (Å²) < 4.78 is 6.31. The number of rotatable bonds is 13. The average Bonchev–Trinajstić information content (AvgIpc) is 2.92. The third-order valence-corrected chi connectivity index (χ3v) is 7.91. The minimum atomic E-state index is -0.302. The van der Waals surface area contributed by atoms with Crippen LogP contribution in [0.4, 0.5) is 0 Å². The molecule has 3 heteroatoms. The molecule has 1 N–H and O–H groups in total. The molecule has 0 unspecified atom stereocenters. The Hall–Kier alpha value is -3.07. The molecule has 0 atom stereocenters. The van der Waals surface area contributed by atoms with Crippen LogP contribution < -0.4 is 10.1 Å². The van der Waals surface area contributed by atoms with Crippen molar-refractivity contribution in [2.75, 3.05) is 13.2 Å². The van der Waals surface area contributed by atoms with Crippen LogP contribution in [-0.4, -0.2) is 19.1 Å². The van der Waals surface area contributed by atoms with E-state index in [0.29, 0.717) is 13.2 Å². The highest BCUT2D eigenvalue weighted by atomic mass is 16.5.